The minimum absolute atomic E-state index is 0.119. The zero-order valence-electron chi connectivity index (χ0n) is 11.6. The van der Waals surface area contributed by atoms with Crippen LogP contribution in [0.15, 0.2) is 42.7 Å². The quantitative estimate of drug-likeness (QED) is 0.926. The monoisotopic (exact) mass is 266 g/mol. The van der Waals surface area contributed by atoms with E-state index in [1.807, 2.05) is 18.3 Å². The number of rotatable bonds is 3. The molecule has 0 saturated heterocycles. The fourth-order valence-electron chi connectivity index (χ4n) is 2.70. The highest BCUT2D eigenvalue weighted by molar-refractivity contribution is 5.93. The van der Waals surface area contributed by atoms with Gasteiger partial charge in [0.25, 0.3) is 0 Å². The van der Waals surface area contributed by atoms with Crippen molar-refractivity contribution >= 4 is 11.6 Å². The SMILES string of the molecule is C[C@H](Cc1cccnc1)c1ccc2c(c1)CCC(=O)N2. The molecule has 3 nitrogen and oxygen atoms in total. The Morgan fingerprint density at radius 2 is 2.20 bits per heavy atom. The van der Waals surface area contributed by atoms with Crippen LogP contribution in [0.1, 0.15) is 36.0 Å². The molecule has 0 saturated carbocycles. The highest BCUT2D eigenvalue weighted by Gasteiger charge is 2.16. The Morgan fingerprint density at radius 3 is 3.00 bits per heavy atom. The zero-order chi connectivity index (χ0) is 13.9. The van der Waals surface area contributed by atoms with E-state index < -0.39 is 0 Å². The van der Waals surface area contributed by atoms with E-state index in [4.69, 9.17) is 0 Å². The van der Waals surface area contributed by atoms with Gasteiger partial charge in [-0.15, -0.1) is 0 Å². The van der Waals surface area contributed by atoms with Crippen LogP contribution in [0.3, 0.4) is 0 Å². The third kappa shape index (κ3) is 2.72. The standard InChI is InChI=1S/C17H18N2O/c1-12(9-13-3-2-8-18-11-13)14-4-6-16-15(10-14)5-7-17(20)19-16/h2-4,6,8,10-12H,5,7,9H2,1H3,(H,19,20)/t12-/m1/s1. The molecule has 1 aromatic carbocycles. The first-order chi connectivity index (χ1) is 9.72. The average Bonchev–Trinajstić information content (AvgIpc) is 2.47. The number of aryl methyl sites for hydroxylation is 1. The number of nitrogens with zero attached hydrogens (tertiary/aromatic N) is 1. The van der Waals surface area contributed by atoms with Crippen LogP contribution in [0.25, 0.3) is 0 Å². The first-order valence-corrected chi connectivity index (χ1v) is 7.04. The van der Waals surface area contributed by atoms with Gasteiger partial charge in [-0.2, -0.15) is 0 Å². The van der Waals surface area contributed by atoms with Crippen molar-refractivity contribution in [3.63, 3.8) is 0 Å². The van der Waals surface area contributed by atoms with Crippen LogP contribution in [-0.4, -0.2) is 10.9 Å². The van der Waals surface area contributed by atoms with E-state index in [2.05, 4.69) is 35.4 Å². The second-order valence-corrected chi connectivity index (χ2v) is 5.43. The van der Waals surface area contributed by atoms with Crippen LogP contribution in [0.4, 0.5) is 5.69 Å². The summed E-state index contributed by atoms with van der Waals surface area (Å²) >= 11 is 0. The Labute approximate surface area is 119 Å². The van der Waals surface area contributed by atoms with Crippen molar-refractivity contribution in [1.82, 2.24) is 4.98 Å². The minimum atomic E-state index is 0.119. The molecule has 20 heavy (non-hydrogen) atoms. The molecule has 0 spiro atoms. The molecular formula is C17H18N2O. The Balaban J connectivity index is 1.79. The molecule has 2 aromatic rings. The predicted octanol–water partition coefficient (Wildman–Crippen LogP) is 3.31. The number of benzene rings is 1. The highest BCUT2D eigenvalue weighted by atomic mass is 16.1. The van der Waals surface area contributed by atoms with Crippen molar-refractivity contribution in [2.45, 2.75) is 32.1 Å². The molecule has 2 heterocycles. The number of anilines is 1. The van der Waals surface area contributed by atoms with Gasteiger partial charge in [0.1, 0.15) is 0 Å². The van der Waals surface area contributed by atoms with E-state index in [0.29, 0.717) is 12.3 Å². The summed E-state index contributed by atoms with van der Waals surface area (Å²) < 4.78 is 0. The fraction of sp³-hybridized carbons (Fsp3) is 0.294. The second-order valence-electron chi connectivity index (χ2n) is 5.43. The molecule has 1 atom stereocenters. The summed E-state index contributed by atoms with van der Waals surface area (Å²) in [5.74, 6) is 0.566. The zero-order valence-corrected chi connectivity index (χ0v) is 11.6. The Bertz CT molecular complexity index is 622. The summed E-state index contributed by atoms with van der Waals surface area (Å²) in [6.07, 6.45) is 6.14. The lowest BCUT2D eigenvalue weighted by Gasteiger charge is -2.19. The number of amides is 1. The molecule has 1 N–H and O–H groups in total. The molecular weight excluding hydrogens is 248 g/mol. The number of hydrogen-bond donors (Lipinski definition) is 1. The lowest BCUT2D eigenvalue weighted by molar-refractivity contribution is -0.116. The lowest BCUT2D eigenvalue weighted by atomic mass is 9.91. The molecule has 0 radical (unpaired) electrons. The number of hydrogen-bond acceptors (Lipinski definition) is 2. The van der Waals surface area contributed by atoms with Crippen molar-refractivity contribution in [1.29, 1.82) is 0 Å². The number of fused-ring (bicyclic) bond motifs is 1. The van der Waals surface area contributed by atoms with Gasteiger partial charge in [0.15, 0.2) is 0 Å². The van der Waals surface area contributed by atoms with Crippen molar-refractivity contribution in [2.75, 3.05) is 5.32 Å². The molecule has 0 aliphatic carbocycles. The summed E-state index contributed by atoms with van der Waals surface area (Å²) in [6.45, 7) is 2.23. The van der Waals surface area contributed by atoms with Crippen LogP contribution in [0.2, 0.25) is 0 Å². The molecule has 3 rings (SSSR count). The van der Waals surface area contributed by atoms with Gasteiger partial charge >= 0.3 is 0 Å². The van der Waals surface area contributed by atoms with Crippen LogP contribution in [-0.2, 0) is 17.6 Å². The van der Waals surface area contributed by atoms with Crippen LogP contribution < -0.4 is 5.32 Å². The average molecular weight is 266 g/mol. The second kappa shape index (κ2) is 5.45. The summed E-state index contributed by atoms with van der Waals surface area (Å²) in [7, 11) is 0. The van der Waals surface area contributed by atoms with E-state index in [9.17, 15) is 4.79 Å². The first-order valence-electron chi connectivity index (χ1n) is 7.04. The molecule has 0 fully saturated rings. The van der Waals surface area contributed by atoms with Gasteiger partial charge in [-0.05, 0) is 47.6 Å². The maximum Gasteiger partial charge on any atom is 0.224 e. The van der Waals surface area contributed by atoms with Gasteiger partial charge in [-0.3, -0.25) is 9.78 Å². The fourth-order valence-corrected chi connectivity index (χ4v) is 2.70. The minimum Gasteiger partial charge on any atom is -0.326 e. The summed E-state index contributed by atoms with van der Waals surface area (Å²) in [6, 6.07) is 10.5. The first kappa shape index (κ1) is 12.9. The van der Waals surface area contributed by atoms with Gasteiger partial charge in [0, 0.05) is 24.5 Å². The van der Waals surface area contributed by atoms with Crippen molar-refractivity contribution in [3.05, 3.63) is 59.4 Å². The van der Waals surface area contributed by atoms with Crippen molar-refractivity contribution < 1.29 is 4.79 Å². The number of carbonyl (C=O) groups excluding carboxylic acids is 1. The Hall–Kier alpha value is -2.16. The van der Waals surface area contributed by atoms with Gasteiger partial charge < -0.3 is 5.32 Å². The molecule has 1 amide bonds. The smallest absolute Gasteiger partial charge is 0.224 e. The molecule has 102 valence electrons. The number of pyridine rings is 1. The van der Waals surface area contributed by atoms with Gasteiger partial charge in [0.05, 0.1) is 0 Å². The van der Waals surface area contributed by atoms with Gasteiger partial charge in [-0.1, -0.05) is 25.1 Å². The maximum atomic E-state index is 11.4. The molecule has 3 heteroatoms. The molecule has 0 unspecified atom stereocenters. The van der Waals surface area contributed by atoms with E-state index in [0.717, 1.165) is 18.5 Å². The van der Waals surface area contributed by atoms with E-state index in [1.54, 1.807) is 6.20 Å². The number of nitrogens with one attached hydrogen (secondary N) is 1. The normalized spacial score (nSPS) is 15.3. The molecule has 0 bridgehead atoms. The van der Waals surface area contributed by atoms with E-state index in [1.165, 1.54) is 16.7 Å². The number of carbonyl (C=O) groups is 1. The summed E-state index contributed by atoms with van der Waals surface area (Å²) in [5, 5.41) is 2.93. The van der Waals surface area contributed by atoms with Gasteiger partial charge in [-0.25, -0.2) is 0 Å². The van der Waals surface area contributed by atoms with Crippen molar-refractivity contribution in [3.8, 4) is 0 Å². The van der Waals surface area contributed by atoms with Crippen LogP contribution in [0.5, 0.6) is 0 Å². The Morgan fingerprint density at radius 1 is 1.30 bits per heavy atom. The summed E-state index contributed by atoms with van der Waals surface area (Å²) in [4.78, 5) is 15.5. The predicted molar refractivity (Wildman–Crippen MR) is 79.7 cm³/mol. The summed E-state index contributed by atoms with van der Waals surface area (Å²) in [5.41, 5.74) is 4.80. The third-order valence-corrected chi connectivity index (χ3v) is 3.86. The third-order valence-electron chi connectivity index (χ3n) is 3.86. The van der Waals surface area contributed by atoms with Crippen LogP contribution in [0, 0.1) is 0 Å². The topological polar surface area (TPSA) is 42.0 Å². The van der Waals surface area contributed by atoms with Gasteiger partial charge in [0.2, 0.25) is 5.91 Å². The maximum absolute atomic E-state index is 11.4. The van der Waals surface area contributed by atoms with E-state index >= 15 is 0 Å². The van der Waals surface area contributed by atoms with Crippen LogP contribution >= 0.6 is 0 Å². The molecule has 1 aliphatic heterocycles. The molecule has 1 aliphatic rings. The lowest BCUT2D eigenvalue weighted by Crippen LogP contribution is -2.19. The number of aromatic nitrogens is 1. The van der Waals surface area contributed by atoms with Crippen molar-refractivity contribution in [2.24, 2.45) is 0 Å². The molecule has 1 aromatic heterocycles. The highest BCUT2D eigenvalue weighted by Crippen LogP contribution is 2.28. The Kier molecular flexibility index (Phi) is 3.50. The largest absolute Gasteiger partial charge is 0.326 e. The van der Waals surface area contributed by atoms with E-state index in [-0.39, 0.29) is 5.91 Å².